The van der Waals surface area contributed by atoms with Gasteiger partial charge in [0.15, 0.2) is 0 Å². The molecule has 1 heterocycles. The van der Waals surface area contributed by atoms with E-state index in [0.29, 0.717) is 10.0 Å². The Labute approximate surface area is 86.8 Å². The molecule has 0 radical (unpaired) electrons. The Morgan fingerprint density at radius 3 is 2.85 bits per heavy atom. The van der Waals surface area contributed by atoms with Crippen LogP contribution in [0, 0.1) is 0 Å². The second-order valence-electron chi connectivity index (χ2n) is 3.07. The number of benzene rings is 1. The summed E-state index contributed by atoms with van der Waals surface area (Å²) in [6.07, 6.45) is 0.171. The molecule has 0 saturated heterocycles. The molecule has 1 atom stereocenters. The maximum absolute atomic E-state index is 5.85. The number of nitrogens with one attached hydrogen (secondary N) is 1. The van der Waals surface area contributed by atoms with Gasteiger partial charge in [-0.2, -0.15) is 0 Å². The summed E-state index contributed by atoms with van der Waals surface area (Å²) in [5, 5.41) is 4.28. The fraction of sp³-hybridized carbons (Fsp3) is 0.333. The first kappa shape index (κ1) is 8.97. The average molecular weight is 218 g/mol. The number of hydrogen-bond donors (Lipinski definition) is 1. The molecule has 13 heavy (non-hydrogen) atoms. The smallest absolute Gasteiger partial charge is 0.144 e. The standard InChI is InChI=1S/C9H9Cl2NO/c1-5-4-12-8-2-6(10)7(11)3-9(8)13-5/h2-3,5,12H,4H2,1H3/t5-/m1/s1. The SMILES string of the molecule is C[C@@H]1CNc2cc(Cl)c(Cl)cc2O1. The lowest BCUT2D eigenvalue weighted by Gasteiger charge is -2.25. The summed E-state index contributed by atoms with van der Waals surface area (Å²) in [4.78, 5) is 0. The van der Waals surface area contributed by atoms with E-state index in [1.54, 1.807) is 12.1 Å². The van der Waals surface area contributed by atoms with Crippen LogP contribution in [0.4, 0.5) is 5.69 Å². The van der Waals surface area contributed by atoms with Crippen LogP contribution in [0.5, 0.6) is 5.75 Å². The van der Waals surface area contributed by atoms with Crippen molar-refractivity contribution in [2.75, 3.05) is 11.9 Å². The lowest BCUT2D eigenvalue weighted by molar-refractivity contribution is 0.226. The molecular formula is C9H9Cl2NO. The van der Waals surface area contributed by atoms with Crippen LogP contribution >= 0.6 is 23.2 Å². The fourth-order valence-electron chi connectivity index (χ4n) is 1.28. The lowest BCUT2D eigenvalue weighted by Crippen LogP contribution is -2.27. The molecule has 1 aliphatic rings. The summed E-state index contributed by atoms with van der Waals surface area (Å²) in [7, 11) is 0. The molecule has 2 nitrogen and oxygen atoms in total. The van der Waals surface area contributed by atoms with Crippen LogP contribution < -0.4 is 10.1 Å². The molecular weight excluding hydrogens is 209 g/mol. The highest BCUT2D eigenvalue weighted by Gasteiger charge is 2.16. The summed E-state index contributed by atoms with van der Waals surface area (Å²) in [5.41, 5.74) is 0.910. The van der Waals surface area contributed by atoms with Crippen molar-refractivity contribution in [2.24, 2.45) is 0 Å². The maximum atomic E-state index is 5.85. The minimum Gasteiger partial charge on any atom is -0.487 e. The third kappa shape index (κ3) is 1.69. The molecule has 0 saturated carbocycles. The first-order valence-electron chi connectivity index (χ1n) is 4.06. The van der Waals surface area contributed by atoms with Gasteiger partial charge < -0.3 is 10.1 Å². The maximum Gasteiger partial charge on any atom is 0.144 e. The summed E-state index contributed by atoms with van der Waals surface area (Å²) in [6.45, 7) is 2.80. The van der Waals surface area contributed by atoms with Crippen molar-refractivity contribution in [3.63, 3.8) is 0 Å². The van der Waals surface area contributed by atoms with Crippen molar-refractivity contribution in [1.29, 1.82) is 0 Å². The Bertz CT molecular complexity index is 341. The molecule has 70 valence electrons. The molecule has 0 unspecified atom stereocenters. The van der Waals surface area contributed by atoms with Crippen molar-refractivity contribution in [1.82, 2.24) is 0 Å². The first-order valence-corrected chi connectivity index (χ1v) is 4.82. The zero-order valence-electron chi connectivity index (χ0n) is 7.10. The summed E-state index contributed by atoms with van der Waals surface area (Å²) < 4.78 is 5.56. The Morgan fingerprint density at radius 1 is 1.38 bits per heavy atom. The van der Waals surface area contributed by atoms with Crippen LogP contribution in [0.25, 0.3) is 0 Å². The van der Waals surface area contributed by atoms with Gasteiger partial charge in [0.25, 0.3) is 0 Å². The van der Waals surface area contributed by atoms with Gasteiger partial charge in [0.05, 0.1) is 22.3 Å². The molecule has 0 aromatic heterocycles. The van der Waals surface area contributed by atoms with E-state index in [4.69, 9.17) is 27.9 Å². The van der Waals surface area contributed by atoms with Crippen LogP contribution in [0.15, 0.2) is 12.1 Å². The summed E-state index contributed by atoms with van der Waals surface area (Å²) in [6, 6.07) is 3.52. The minimum atomic E-state index is 0.171. The van der Waals surface area contributed by atoms with E-state index in [9.17, 15) is 0 Å². The molecule has 1 N–H and O–H groups in total. The zero-order chi connectivity index (χ0) is 9.42. The number of anilines is 1. The molecule has 0 amide bonds. The van der Waals surface area contributed by atoms with Crippen molar-refractivity contribution in [3.05, 3.63) is 22.2 Å². The molecule has 0 aliphatic carbocycles. The normalized spacial score (nSPS) is 20.1. The van der Waals surface area contributed by atoms with Crippen molar-refractivity contribution < 1.29 is 4.74 Å². The van der Waals surface area contributed by atoms with Crippen molar-refractivity contribution >= 4 is 28.9 Å². The number of hydrogen-bond acceptors (Lipinski definition) is 2. The molecule has 0 bridgehead atoms. The summed E-state index contributed by atoms with van der Waals surface area (Å²) >= 11 is 11.7. The average Bonchev–Trinajstić information content (AvgIpc) is 2.08. The Balaban J connectivity index is 2.43. The second-order valence-corrected chi connectivity index (χ2v) is 3.89. The van der Waals surface area contributed by atoms with Gasteiger partial charge in [-0.1, -0.05) is 23.2 Å². The van der Waals surface area contributed by atoms with Gasteiger partial charge in [-0.25, -0.2) is 0 Å². The predicted molar refractivity (Wildman–Crippen MR) is 55.0 cm³/mol. The fourth-order valence-corrected chi connectivity index (χ4v) is 1.59. The number of rotatable bonds is 0. The number of ether oxygens (including phenoxy) is 1. The Hall–Kier alpha value is -0.600. The van der Waals surface area contributed by atoms with Gasteiger partial charge in [0.1, 0.15) is 11.9 Å². The van der Waals surface area contributed by atoms with E-state index in [1.165, 1.54) is 0 Å². The van der Waals surface area contributed by atoms with E-state index >= 15 is 0 Å². The Morgan fingerprint density at radius 2 is 2.08 bits per heavy atom. The van der Waals surface area contributed by atoms with Gasteiger partial charge in [-0.3, -0.25) is 0 Å². The van der Waals surface area contributed by atoms with Gasteiger partial charge in [0.2, 0.25) is 0 Å². The molecule has 1 aromatic carbocycles. The van der Waals surface area contributed by atoms with E-state index in [0.717, 1.165) is 18.0 Å². The van der Waals surface area contributed by atoms with E-state index in [2.05, 4.69) is 5.32 Å². The van der Waals surface area contributed by atoms with Crippen LogP contribution in [-0.4, -0.2) is 12.6 Å². The topological polar surface area (TPSA) is 21.3 Å². The molecule has 1 aromatic rings. The van der Waals surface area contributed by atoms with Gasteiger partial charge >= 0.3 is 0 Å². The highest BCUT2D eigenvalue weighted by atomic mass is 35.5. The van der Waals surface area contributed by atoms with Crippen LogP contribution in [-0.2, 0) is 0 Å². The van der Waals surface area contributed by atoms with Crippen molar-refractivity contribution in [2.45, 2.75) is 13.0 Å². The molecule has 1 aliphatic heterocycles. The highest BCUT2D eigenvalue weighted by molar-refractivity contribution is 6.42. The van der Waals surface area contributed by atoms with Crippen LogP contribution in [0.3, 0.4) is 0 Å². The van der Waals surface area contributed by atoms with Crippen LogP contribution in [0.2, 0.25) is 10.0 Å². The first-order chi connectivity index (χ1) is 6.16. The molecule has 0 fully saturated rings. The Kier molecular flexibility index (Phi) is 2.26. The molecule has 4 heteroatoms. The van der Waals surface area contributed by atoms with Gasteiger partial charge in [-0.05, 0) is 13.0 Å². The number of halogens is 2. The van der Waals surface area contributed by atoms with E-state index < -0.39 is 0 Å². The predicted octanol–water partition coefficient (Wildman–Crippen LogP) is 3.19. The van der Waals surface area contributed by atoms with E-state index in [1.807, 2.05) is 6.92 Å². The largest absolute Gasteiger partial charge is 0.487 e. The third-order valence-corrected chi connectivity index (χ3v) is 2.65. The van der Waals surface area contributed by atoms with E-state index in [-0.39, 0.29) is 6.10 Å². The highest BCUT2D eigenvalue weighted by Crippen LogP contribution is 2.36. The second kappa shape index (κ2) is 3.28. The molecule has 0 spiro atoms. The minimum absolute atomic E-state index is 0.171. The number of fused-ring (bicyclic) bond motifs is 1. The van der Waals surface area contributed by atoms with Crippen molar-refractivity contribution in [3.8, 4) is 5.75 Å². The lowest BCUT2D eigenvalue weighted by atomic mass is 10.2. The molecule has 2 rings (SSSR count). The quantitative estimate of drug-likeness (QED) is 0.721. The zero-order valence-corrected chi connectivity index (χ0v) is 8.62. The third-order valence-electron chi connectivity index (χ3n) is 1.93. The monoisotopic (exact) mass is 217 g/mol. The van der Waals surface area contributed by atoms with Gasteiger partial charge in [-0.15, -0.1) is 0 Å². The van der Waals surface area contributed by atoms with Gasteiger partial charge in [0, 0.05) is 6.07 Å². The van der Waals surface area contributed by atoms with Crippen LogP contribution in [0.1, 0.15) is 6.92 Å². The summed E-state index contributed by atoms with van der Waals surface area (Å²) in [5.74, 6) is 0.771.